The Bertz CT molecular complexity index is 519. The Kier molecular flexibility index (Phi) is 5.49. The highest BCUT2D eigenvalue weighted by molar-refractivity contribution is 5.83. The van der Waals surface area contributed by atoms with Gasteiger partial charge in [-0.05, 0) is 24.1 Å². The van der Waals surface area contributed by atoms with Crippen LogP contribution >= 0.6 is 0 Å². The summed E-state index contributed by atoms with van der Waals surface area (Å²) < 4.78 is 0. The van der Waals surface area contributed by atoms with Crippen LogP contribution in [-0.4, -0.2) is 65.0 Å². The summed E-state index contributed by atoms with van der Waals surface area (Å²) in [7, 11) is 3.36. The predicted molar refractivity (Wildman–Crippen MR) is 81.9 cm³/mol. The monoisotopic (exact) mass is 305 g/mol. The third kappa shape index (κ3) is 4.27. The summed E-state index contributed by atoms with van der Waals surface area (Å²) in [6, 6.07) is 3.85. The van der Waals surface area contributed by atoms with Crippen molar-refractivity contribution < 1.29 is 14.7 Å². The second kappa shape index (κ2) is 7.35. The molecule has 22 heavy (non-hydrogen) atoms. The van der Waals surface area contributed by atoms with Gasteiger partial charge in [-0.1, -0.05) is 0 Å². The Balaban J connectivity index is 1.85. The maximum Gasteiger partial charge on any atom is 0.223 e. The minimum atomic E-state index is -0.512. The number of aromatic nitrogens is 1. The second-order valence-corrected chi connectivity index (χ2v) is 5.97. The van der Waals surface area contributed by atoms with Crippen molar-refractivity contribution in [2.24, 2.45) is 5.92 Å². The molecule has 0 spiro atoms. The zero-order valence-corrected chi connectivity index (χ0v) is 13.1. The molecule has 1 aliphatic rings. The minimum absolute atomic E-state index is 0.0379. The number of pyridine rings is 1. The lowest BCUT2D eigenvalue weighted by atomic mass is 9.97. The normalized spacial score (nSPS) is 21.0. The molecule has 0 aromatic carbocycles. The van der Waals surface area contributed by atoms with E-state index in [0.717, 1.165) is 12.0 Å². The molecule has 2 atom stereocenters. The molecule has 6 nitrogen and oxygen atoms in total. The van der Waals surface area contributed by atoms with Crippen LogP contribution in [0.15, 0.2) is 24.5 Å². The van der Waals surface area contributed by atoms with E-state index in [-0.39, 0.29) is 30.6 Å². The molecule has 1 aromatic rings. The largest absolute Gasteiger partial charge is 0.391 e. The molecule has 1 saturated heterocycles. The highest BCUT2D eigenvalue weighted by Gasteiger charge is 2.33. The van der Waals surface area contributed by atoms with E-state index in [1.807, 2.05) is 12.1 Å². The second-order valence-electron chi connectivity index (χ2n) is 5.97. The molecule has 2 rings (SSSR count). The molecule has 2 amide bonds. The highest BCUT2D eigenvalue weighted by atomic mass is 16.3. The number of rotatable bonds is 5. The van der Waals surface area contributed by atoms with E-state index in [9.17, 15) is 14.7 Å². The lowest BCUT2D eigenvalue weighted by Gasteiger charge is -2.17. The van der Waals surface area contributed by atoms with Crippen molar-refractivity contribution in [2.75, 3.05) is 27.2 Å². The van der Waals surface area contributed by atoms with Crippen LogP contribution < -0.4 is 0 Å². The molecule has 0 saturated carbocycles. The Morgan fingerprint density at radius 1 is 1.27 bits per heavy atom. The van der Waals surface area contributed by atoms with Crippen molar-refractivity contribution in [3.05, 3.63) is 30.1 Å². The first kappa shape index (κ1) is 16.4. The number of aliphatic hydroxyl groups is 1. The maximum atomic E-state index is 12.1. The van der Waals surface area contributed by atoms with E-state index in [0.29, 0.717) is 13.1 Å². The first-order valence-electron chi connectivity index (χ1n) is 7.52. The molecule has 120 valence electrons. The number of amides is 2. The van der Waals surface area contributed by atoms with Crippen LogP contribution in [0.25, 0.3) is 0 Å². The summed E-state index contributed by atoms with van der Waals surface area (Å²) in [5.41, 5.74) is 1.11. The quantitative estimate of drug-likeness (QED) is 0.850. The lowest BCUT2D eigenvalue weighted by Crippen LogP contribution is -2.31. The molecule has 0 aliphatic carbocycles. The molecule has 1 fully saturated rings. The molecule has 6 heteroatoms. The van der Waals surface area contributed by atoms with Crippen molar-refractivity contribution in [3.8, 4) is 0 Å². The Morgan fingerprint density at radius 3 is 2.59 bits per heavy atom. The van der Waals surface area contributed by atoms with Crippen molar-refractivity contribution in [1.82, 2.24) is 14.8 Å². The van der Waals surface area contributed by atoms with Crippen LogP contribution in [0.3, 0.4) is 0 Å². The SMILES string of the molecule is CN(C)C(=O)CCC(=O)N1C[C@@H](Cc2ccncc2)[C@H](O)C1. The summed E-state index contributed by atoms with van der Waals surface area (Å²) in [5.74, 6) is -0.0798. The number of hydrogen-bond donors (Lipinski definition) is 1. The number of carbonyl (C=O) groups is 2. The Hall–Kier alpha value is -1.95. The van der Waals surface area contributed by atoms with Gasteiger partial charge < -0.3 is 14.9 Å². The summed E-state index contributed by atoms with van der Waals surface area (Å²) in [6.45, 7) is 0.892. The van der Waals surface area contributed by atoms with Crippen LogP contribution in [-0.2, 0) is 16.0 Å². The van der Waals surface area contributed by atoms with Crippen LogP contribution in [0.4, 0.5) is 0 Å². The fourth-order valence-corrected chi connectivity index (χ4v) is 2.68. The zero-order chi connectivity index (χ0) is 16.1. The molecular formula is C16H23N3O3. The topological polar surface area (TPSA) is 73.7 Å². The van der Waals surface area contributed by atoms with Crippen molar-refractivity contribution in [2.45, 2.75) is 25.4 Å². The van der Waals surface area contributed by atoms with Gasteiger partial charge in [-0.3, -0.25) is 14.6 Å². The van der Waals surface area contributed by atoms with Gasteiger partial charge in [0, 0.05) is 58.3 Å². The summed E-state index contributed by atoms with van der Waals surface area (Å²) >= 11 is 0. The molecule has 2 heterocycles. The number of carbonyl (C=O) groups excluding carboxylic acids is 2. The summed E-state index contributed by atoms with van der Waals surface area (Å²) in [4.78, 5) is 30.8. The Morgan fingerprint density at radius 2 is 1.95 bits per heavy atom. The number of hydrogen-bond acceptors (Lipinski definition) is 4. The highest BCUT2D eigenvalue weighted by Crippen LogP contribution is 2.22. The predicted octanol–water partition coefficient (Wildman–Crippen LogP) is 0.312. The van der Waals surface area contributed by atoms with Gasteiger partial charge in [0.25, 0.3) is 0 Å². The molecule has 0 bridgehead atoms. The molecule has 0 radical (unpaired) electrons. The Labute approximate surface area is 130 Å². The van der Waals surface area contributed by atoms with Crippen molar-refractivity contribution >= 4 is 11.8 Å². The molecule has 1 aromatic heterocycles. The van der Waals surface area contributed by atoms with Gasteiger partial charge in [-0.2, -0.15) is 0 Å². The van der Waals surface area contributed by atoms with E-state index in [1.165, 1.54) is 4.90 Å². The summed E-state index contributed by atoms with van der Waals surface area (Å²) in [6.07, 6.45) is 4.09. The maximum absolute atomic E-state index is 12.1. The van der Waals surface area contributed by atoms with Crippen molar-refractivity contribution in [3.63, 3.8) is 0 Å². The molecular weight excluding hydrogens is 282 g/mol. The number of likely N-dealkylation sites (tertiary alicyclic amines) is 1. The average Bonchev–Trinajstić information content (AvgIpc) is 2.86. The van der Waals surface area contributed by atoms with Gasteiger partial charge in [0.1, 0.15) is 0 Å². The lowest BCUT2D eigenvalue weighted by molar-refractivity contribution is -0.135. The van der Waals surface area contributed by atoms with Gasteiger partial charge in [0.05, 0.1) is 6.10 Å². The third-order valence-corrected chi connectivity index (χ3v) is 4.06. The standard InChI is InChI=1S/C16H23N3O3/c1-18(2)15(21)3-4-16(22)19-10-13(14(20)11-19)9-12-5-7-17-8-6-12/h5-8,13-14,20H,3-4,9-11H2,1-2H3/t13-,14-/m1/s1. The van der Waals surface area contributed by atoms with Gasteiger partial charge in [0.2, 0.25) is 11.8 Å². The van der Waals surface area contributed by atoms with E-state index in [2.05, 4.69) is 4.98 Å². The van der Waals surface area contributed by atoms with Gasteiger partial charge in [0.15, 0.2) is 0 Å². The number of β-amino-alcohol motifs (C(OH)–C–C–N with tert-alkyl or cyclic N) is 1. The number of nitrogens with zero attached hydrogens (tertiary/aromatic N) is 3. The number of aliphatic hydroxyl groups excluding tert-OH is 1. The fourth-order valence-electron chi connectivity index (χ4n) is 2.68. The molecule has 0 unspecified atom stereocenters. The van der Waals surface area contributed by atoms with Gasteiger partial charge in [-0.25, -0.2) is 0 Å². The van der Waals surface area contributed by atoms with Gasteiger partial charge >= 0.3 is 0 Å². The van der Waals surface area contributed by atoms with Crippen LogP contribution in [0.1, 0.15) is 18.4 Å². The van der Waals surface area contributed by atoms with E-state index in [4.69, 9.17) is 0 Å². The fraction of sp³-hybridized carbons (Fsp3) is 0.562. The smallest absolute Gasteiger partial charge is 0.223 e. The minimum Gasteiger partial charge on any atom is -0.391 e. The first-order valence-corrected chi connectivity index (χ1v) is 7.52. The summed E-state index contributed by atoms with van der Waals surface area (Å²) in [5, 5.41) is 10.2. The van der Waals surface area contributed by atoms with Gasteiger partial charge in [-0.15, -0.1) is 0 Å². The van der Waals surface area contributed by atoms with E-state index >= 15 is 0 Å². The zero-order valence-electron chi connectivity index (χ0n) is 13.1. The molecule has 1 N–H and O–H groups in total. The van der Waals surface area contributed by atoms with Crippen LogP contribution in [0, 0.1) is 5.92 Å². The van der Waals surface area contributed by atoms with Crippen LogP contribution in [0.5, 0.6) is 0 Å². The molecule has 1 aliphatic heterocycles. The third-order valence-electron chi connectivity index (χ3n) is 4.06. The van der Waals surface area contributed by atoms with Crippen LogP contribution in [0.2, 0.25) is 0 Å². The first-order chi connectivity index (χ1) is 10.5. The average molecular weight is 305 g/mol. The van der Waals surface area contributed by atoms with E-state index in [1.54, 1.807) is 31.4 Å². The van der Waals surface area contributed by atoms with Crippen molar-refractivity contribution in [1.29, 1.82) is 0 Å². The van der Waals surface area contributed by atoms with E-state index < -0.39 is 6.10 Å².